The van der Waals surface area contributed by atoms with E-state index in [2.05, 4.69) is 31.3 Å². The second kappa shape index (κ2) is 8.33. The van der Waals surface area contributed by atoms with Gasteiger partial charge >= 0.3 is 0 Å². The van der Waals surface area contributed by atoms with E-state index in [0.717, 1.165) is 25.3 Å². The van der Waals surface area contributed by atoms with Crippen LogP contribution in [0.1, 0.15) is 38.8 Å². The summed E-state index contributed by atoms with van der Waals surface area (Å²) in [5.41, 5.74) is 1.22. The van der Waals surface area contributed by atoms with Gasteiger partial charge in [-0.3, -0.25) is 4.21 Å². The van der Waals surface area contributed by atoms with E-state index < -0.39 is 10.8 Å². The van der Waals surface area contributed by atoms with Crippen molar-refractivity contribution in [3.63, 3.8) is 0 Å². The first-order chi connectivity index (χ1) is 9.04. The zero-order valence-electron chi connectivity index (χ0n) is 12.3. The summed E-state index contributed by atoms with van der Waals surface area (Å²) in [5, 5.41) is 3.58. The van der Waals surface area contributed by atoms with Crippen LogP contribution in [0.15, 0.2) is 24.3 Å². The highest BCUT2D eigenvalue weighted by Crippen LogP contribution is 2.17. The van der Waals surface area contributed by atoms with Crippen LogP contribution >= 0.6 is 0 Å². The fourth-order valence-corrected chi connectivity index (χ4v) is 1.98. The van der Waals surface area contributed by atoms with E-state index in [1.54, 1.807) is 6.26 Å². The molecular formula is C15H25NO2S. The number of hydrogen-bond donors (Lipinski definition) is 1. The van der Waals surface area contributed by atoms with E-state index in [4.69, 9.17) is 4.74 Å². The van der Waals surface area contributed by atoms with Crippen LogP contribution in [0.3, 0.4) is 0 Å². The third-order valence-corrected chi connectivity index (χ3v) is 4.43. The molecule has 3 unspecified atom stereocenters. The molecular weight excluding hydrogens is 258 g/mol. The van der Waals surface area contributed by atoms with Gasteiger partial charge in [0.15, 0.2) is 0 Å². The Morgan fingerprint density at radius 2 is 1.89 bits per heavy atom. The average molecular weight is 283 g/mol. The minimum absolute atomic E-state index is 0.176. The molecule has 0 aliphatic heterocycles. The third-order valence-electron chi connectivity index (χ3n) is 3.13. The van der Waals surface area contributed by atoms with Gasteiger partial charge in [0.25, 0.3) is 0 Å². The smallest absolute Gasteiger partial charge is 0.119 e. The van der Waals surface area contributed by atoms with Gasteiger partial charge in [-0.1, -0.05) is 19.1 Å². The number of benzene rings is 1. The Hall–Kier alpha value is -0.870. The van der Waals surface area contributed by atoms with Crippen LogP contribution in [0.4, 0.5) is 0 Å². The SMILES string of the molecule is CCCOc1ccc(C(C)NCC(C)S(C)=O)cc1. The zero-order chi connectivity index (χ0) is 14.3. The second-order valence-electron chi connectivity index (χ2n) is 4.86. The normalized spacial score (nSPS) is 15.8. The van der Waals surface area contributed by atoms with Crippen molar-refractivity contribution in [3.05, 3.63) is 29.8 Å². The Morgan fingerprint density at radius 3 is 2.42 bits per heavy atom. The molecule has 0 spiro atoms. The van der Waals surface area contributed by atoms with E-state index in [1.807, 2.05) is 19.1 Å². The molecule has 0 heterocycles. The van der Waals surface area contributed by atoms with Crippen molar-refractivity contribution in [1.29, 1.82) is 0 Å². The van der Waals surface area contributed by atoms with Crippen LogP contribution < -0.4 is 10.1 Å². The molecule has 1 rings (SSSR count). The van der Waals surface area contributed by atoms with Crippen LogP contribution in [0.25, 0.3) is 0 Å². The Morgan fingerprint density at radius 1 is 1.26 bits per heavy atom. The Labute approximate surface area is 119 Å². The lowest BCUT2D eigenvalue weighted by molar-refractivity contribution is 0.317. The molecule has 4 heteroatoms. The van der Waals surface area contributed by atoms with Gasteiger partial charge in [0.2, 0.25) is 0 Å². The van der Waals surface area contributed by atoms with Crippen molar-refractivity contribution in [2.24, 2.45) is 0 Å². The fraction of sp³-hybridized carbons (Fsp3) is 0.600. The van der Waals surface area contributed by atoms with E-state index >= 15 is 0 Å². The molecule has 0 fully saturated rings. The summed E-state index contributed by atoms with van der Waals surface area (Å²) in [6, 6.07) is 8.42. The van der Waals surface area contributed by atoms with Crippen LogP contribution in [-0.2, 0) is 10.8 Å². The summed E-state index contributed by atoms with van der Waals surface area (Å²) in [6.07, 6.45) is 2.77. The fourth-order valence-electron chi connectivity index (χ4n) is 1.65. The monoisotopic (exact) mass is 283 g/mol. The molecule has 0 bridgehead atoms. The molecule has 0 saturated heterocycles. The van der Waals surface area contributed by atoms with Crippen molar-refractivity contribution in [2.75, 3.05) is 19.4 Å². The van der Waals surface area contributed by atoms with Gasteiger partial charge in [-0.05, 0) is 38.0 Å². The van der Waals surface area contributed by atoms with Crippen LogP contribution in [0, 0.1) is 0 Å². The first kappa shape index (κ1) is 16.2. The number of ether oxygens (including phenoxy) is 1. The maximum absolute atomic E-state index is 11.3. The Kier molecular flexibility index (Phi) is 7.10. The Bertz CT molecular complexity index is 392. The van der Waals surface area contributed by atoms with Gasteiger partial charge in [-0.2, -0.15) is 0 Å². The molecule has 0 saturated carbocycles. The maximum Gasteiger partial charge on any atom is 0.119 e. The summed E-state index contributed by atoms with van der Waals surface area (Å²) in [7, 11) is -0.773. The third kappa shape index (κ3) is 5.74. The molecule has 3 nitrogen and oxygen atoms in total. The van der Waals surface area contributed by atoms with Crippen molar-refractivity contribution < 1.29 is 8.95 Å². The highest BCUT2D eigenvalue weighted by Gasteiger charge is 2.09. The van der Waals surface area contributed by atoms with Gasteiger partial charge in [-0.25, -0.2) is 0 Å². The number of nitrogens with one attached hydrogen (secondary N) is 1. The first-order valence-electron chi connectivity index (χ1n) is 6.83. The summed E-state index contributed by atoms with van der Waals surface area (Å²) in [6.45, 7) is 7.73. The van der Waals surface area contributed by atoms with E-state index in [0.29, 0.717) is 0 Å². The molecule has 108 valence electrons. The highest BCUT2D eigenvalue weighted by atomic mass is 32.2. The zero-order valence-corrected chi connectivity index (χ0v) is 13.1. The molecule has 1 N–H and O–H groups in total. The molecule has 19 heavy (non-hydrogen) atoms. The standard InChI is InChI=1S/C15H25NO2S/c1-5-10-18-15-8-6-14(7-9-15)13(3)16-11-12(2)19(4)17/h6-9,12-13,16H,5,10-11H2,1-4H3. The molecule has 1 aromatic carbocycles. The number of hydrogen-bond acceptors (Lipinski definition) is 3. The van der Waals surface area contributed by atoms with Crippen molar-refractivity contribution in [1.82, 2.24) is 5.32 Å². The summed E-state index contributed by atoms with van der Waals surface area (Å²) < 4.78 is 16.9. The largest absolute Gasteiger partial charge is 0.494 e. The van der Waals surface area contributed by atoms with Gasteiger partial charge in [0.05, 0.1) is 6.61 Å². The summed E-state index contributed by atoms with van der Waals surface area (Å²) in [4.78, 5) is 0. The molecule has 0 amide bonds. The molecule has 0 radical (unpaired) electrons. The topological polar surface area (TPSA) is 38.3 Å². The Balaban J connectivity index is 2.48. The summed E-state index contributed by atoms with van der Waals surface area (Å²) in [5.74, 6) is 0.917. The predicted octanol–water partition coefficient (Wildman–Crippen LogP) is 2.89. The van der Waals surface area contributed by atoms with Crippen molar-refractivity contribution >= 4 is 10.8 Å². The van der Waals surface area contributed by atoms with Gasteiger partial charge < -0.3 is 10.1 Å². The van der Waals surface area contributed by atoms with Crippen molar-refractivity contribution in [3.8, 4) is 5.75 Å². The molecule has 0 aliphatic rings. The number of rotatable bonds is 8. The lowest BCUT2D eigenvalue weighted by Crippen LogP contribution is -2.29. The van der Waals surface area contributed by atoms with E-state index in [9.17, 15) is 4.21 Å². The van der Waals surface area contributed by atoms with Gasteiger partial charge in [0, 0.05) is 34.9 Å². The van der Waals surface area contributed by atoms with Crippen molar-refractivity contribution in [2.45, 2.75) is 38.5 Å². The molecule has 1 aromatic rings. The van der Waals surface area contributed by atoms with Gasteiger partial charge in [-0.15, -0.1) is 0 Å². The lowest BCUT2D eigenvalue weighted by Gasteiger charge is -2.17. The van der Waals surface area contributed by atoms with E-state index in [-0.39, 0.29) is 11.3 Å². The lowest BCUT2D eigenvalue weighted by atomic mass is 10.1. The van der Waals surface area contributed by atoms with E-state index in [1.165, 1.54) is 5.56 Å². The predicted molar refractivity (Wildman–Crippen MR) is 82.2 cm³/mol. The molecule has 3 atom stereocenters. The van der Waals surface area contributed by atoms with Gasteiger partial charge in [0.1, 0.15) is 5.75 Å². The second-order valence-corrected chi connectivity index (χ2v) is 6.66. The quantitative estimate of drug-likeness (QED) is 0.797. The van der Waals surface area contributed by atoms with Crippen LogP contribution in [-0.4, -0.2) is 28.9 Å². The average Bonchev–Trinajstić information content (AvgIpc) is 2.42. The minimum atomic E-state index is -0.773. The molecule has 0 aliphatic carbocycles. The van der Waals surface area contributed by atoms with Crippen LogP contribution in [0.2, 0.25) is 0 Å². The first-order valence-corrected chi connectivity index (χ1v) is 8.45. The molecule has 0 aromatic heterocycles. The summed E-state index contributed by atoms with van der Waals surface area (Å²) >= 11 is 0. The van der Waals surface area contributed by atoms with Crippen LogP contribution in [0.5, 0.6) is 5.75 Å². The minimum Gasteiger partial charge on any atom is -0.494 e. The highest BCUT2D eigenvalue weighted by molar-refractivity contribution is 7.84. The maximum atomic E-state index is 11.3.